The molecule has 3 nitrogen and oxygen atoms in total. The quantitative estimate of drug-likeness (QED) is 0.398. The summed E-state index contributed by atoms with van der Waals surface area (Å²) in [5.41, 5.74) is 5.07. The van der Waals surface area contributed by atoms with E-state index in [0.29, 0.717) is 0 Å². The summed E-state index contributed by atoms with van der Waals surface area (Å²) in [6.45, 7) is 3.78. The van der Waals surface area contributed by atoms with Crippen molar-refractivity contribution in [3.63, 3.8) is 0 Å². The summed E-state index contributed by atoms with van der Waals surface area (Å²) in [5, 5.41) is 17.2. The fraction of sp³-hybridized carbons (Fsp3) is 0.444. The lowest BCUT2D eigenvalue weighted by Gasteiger charge is -2.32. The van der Waals surface area contributed by atoms with Crippen molar-refractivity contribution in [1.29, 1.82) is 5.41 Å². The van der Waals surface area contributed by atoms with Gasteiger partial charge in [-0.2, -0.15) is 0 Å². The second kappa shape index (κ2) is 2.75. The summed E-state index contributed by atoms with van der Waals surface area (Å²) in [6, 6.07) is 0. The standard InChI is InChI=1S/C9H14N2O/c1-6-4-3-5-9(12,7(6)2)8(10)11/h3-5,7,12H,1-2H3,(H3,10,11). The first-order valence-electron chi connectivity index (χ1n) is 3.91. The van der Waals surface area contributed by atoms with Gasteiger partial charge in [-0.1, -0.05) is 24.6 Å². The molecule has 0 amide bonds. The van der Waals surface area contributed by atoms with Gasteiger partial charge in [0.1, 0.15) is 11.4 Å². The third-order valence-corrected chi connectivity index (χ3v) is 2.48. The fourth-order valence-electron chi connectivity index (χ4n) is 1.31. The zero-order valence-corrected chi connectivity index (χ0v) is 7.33. The molecule has 0 radical (unpaired) electrons. The lowest BCUT2D eigenvalue weighted by molar-refractivity contribution is 0.116. The highest BCUT2D eigenvalue weighted by atomic mass is 16.3. The summed E-state index contributed by atoms with van der Waals surface area (Å²) in [5.74, 6) is -0.307. The molecule has 2 unspecified atom stereocenters. The smallest absolute Gasteiger partial charge is 0.145 e. The van der Waals surface area contributed by atoms with Gasteiger partial charge in [0.25, 0.3) is 0 Å². The van der Waals surface area contributed by atoms with Crippen molar-refractivity contribution in [3.8, 4) is 0 Å². The average molecular weight is 166 g/mol. The van der Waals surface area contributed by atoms with Gasteiger partial charge in [-0.15, -0.1) is 0 Å². The van der Waals surface area contributed by atoms with Gasteiger partial charge in [0.2, 0.25) is 0 Å². The molecule has 0 saturated heterocycles. The van der Waals surface area contributed by atoms with E-state index in [2.05, 4.69) is 0 Å². The number of nitrogens with one attached hydrogen (secondary N) is 1. The Hall–Kier alpha value is -1.09. The first-order valence-corrected chi connectivity index (χ1v) is 3.91. The predicted octanol–water partition coefficient (Wildman–Crippen LogP) is 0.806. The Morgan fingerprint density at radius 2 is 2.33 bits per heavy atom. The van der Waals surface area contributed by atoms with Crippen LogP contribution in [0.15, 0.2) is 23.8 Å². The minimum atomic E-state index is -1.28. The number of aliphatic hydroxyl groups is 1. The molecular formula is C9H14N2O. The molecule has 2 atom stereocenters. The molecule has 1 aliphatic carbocycles. The Bertz CT molecular complexity index is 268. The molecule has 66 valence electrons. The zero-order valence-electron chi connectivity index (χ0n) is 7.33. The van der Waals surface area contributed by atoms with Crippen LogP contribution in [0.1, 0.15) is 13.8 Å². The van der Waals surface area contributed by atoms with Crippen LogP contribution in [0.4, 0.5) is 0 Å². The van der Waals surface area contributed by atoms with Crippen molar-refractivity contribution >= 4 is 5.84 Å². The van der Waals surface area contributed by atoms with Crippen molar-refractivity contribution in [3.05, 3.63) is 23.8 Å². The third kappa shape index (κ3) is 1.16. The van der Waals surface area contributed by atoms with E-state index in [4.69, 9.17) is 11.1 Å². The van der Waals surface area contributed by atoms with Crippen molar-refractivity contribution < 1.29 is 5.11 Å². The molecule has 0 fully saturated rings. The summed E-state index contributed by atoms with van der Waals surface area (Å²) in [7, 11) is 0. The van der Waals surface area contributed by atoms with E-state index in [1.807, 2.05) is 19.9 Å². The first kappa shape index (κ1) is 9.00. The largest absolute Gasteiger partial charge is 0.385 e. The maximum absolute atomic E-state index is 9.91. The molecule has 0 aromatic rings. The highest BCUT2D eigenvalue weighted by Crippen LogP contribution is 2.29. The van der Waals surface area contributed by atoms with E-state index in [9.17, 15) is 5.11 Å². The number of amidine groups is 1. The Balaban J connectivity index is 3.03. The Morgan fingerprint density at radius 3 is 2.75 bits per heavy atom. The van der Waals surface area contributed by atoms with Crippen LogP contribution in [-0.2, 0) is 0 Å². The minimum absolute atomic E-state index is 0.111. The molecule has 0 aromatic heterocycles. The predicted molar refractivity (Wildman–Crippen MR) is 48.9 cm³/mol. The summed E-state index contributed by atoms with van der Waals surface area (Å²) in [4.78, 5) is 0. The highest BCUT2D eigenvalue weighted by molar-refractivity contribution is 5.89. The van der Waals surface area contributed by atoms with Crippen LogP contribution in [0, 0.1) is 11.3 Å². The molecule has 0 heterocycles. The molecule has 12 heavy (non-hydrogen) atoms. The van der Waals surface area contributed by atoms with E-state index in [1.165, 1.54) is 0 Å². The van der Waals surface area contributed by atoms with Crippen LogP contribution in [0.5, 0.6) is 0 Å². The number of hydrogen-bond donors (Lipinski definition) is 3. The molecular weight excluding hydrogens is 152 g/mol. The fourth-order valence-corrected chi connectivity index (χ4v) is 1.31. The van der Waals surface area contributed by atoms with Crippen molar-refractivity contribution in [2.24, 2.45) is 11.7 Å². The van der Waals surface area contributed by atoms with Gasteiger partial charge < -0.3 is 10.8 Å². The van der Waals surface area contributed by atoms with Crippen LogP contribution in [0.2, 0.25) is 0 Å². The van der Waals surface area contributed by atoms with Gasteiger partial charge in [0, 0.05) is 5.92 Å². The summed E-state index contributed by atoms with van der Waals surface area (Å²) in [6.07, 6.45) is 5.21. The van der Waals surface area contributed by atoms with E-state index in [1.54, 1.807) is 12.2 Å². The Morgan fingerprint density at radius 1 is 1.75 bits per heavy atom. The molecule has 0 spiro atoms. The van der Waals surface area contributed by atoms with Crippen LogP contribution in [0.25, 0.3) is 0 Å². The minimum Gasteiger partial charge on any atom is -0.385 e. The van der Waals surface area contributed by atoms with E-state index in [0.717, 1.165) is 5.57 Å². The van der Waals surface area contributed by atoms with Crippen LogP contribution in [-0.4, -0.2) is 16.5 Å². The second-order valence-electron chi connectivity index (χ2n) is 3.23. The third-order valence-electron chi connectivity index (χ3n) is 2.48. The van der Waals surface area contributed by atoms with Crippen molar-refractivity contribution in [2.75, 3.05) is 0 Å². The topological polar surface area (TPSA) is 70.1 Å². The normalized spacial score (nSPS) is 34.6. The van der Waals surface area contributed by atoms with Crippen LogP contribution < -0.4 is 5.73 Å². The molecule has 1 aliphatic rings. The van der Waals surface area contributed by atoms with E-state index >= 15 is 0 Å². The molecule has 1 rings (SSSR count). The first-order chi connectivity index (χ1) is 5.48. The van der Waals surface area contributed by atoms with Gasteiger partial charge in [-0.05, 0) is 13.0 Å². The monoisotopic (exact) mass is 166 g/mol. The SMILES string of the molecule is CC1=CC=CC(O)(C(=N)N)C1C. The van der Waals surface area contributed by atoms with Gasteiger partial charge in [-0.25, -0.2) is 0 Å². The molecule has 0 saturated carbocycles. The maximum Gasteiger partial charge on any atom is 0.145 e. The van der Waals surface area contributed by atoms with Gasteiger partial charge in [-0.3, -0.25) is 5.41 Å². The number of allylic oxidation sites excluding steroid dienone is 2. The molecule has 0 bridgehead atoms. The van der Waals surface area contributed by atoms with Crippen molar-refractivity contribution in [1.82, 2.24) is 0 Å². The average Bonchev–Trinajstić information content (AvgIpc) is 2.00. The Kier molecular flexibility index (Phi) is 2.06. The molecule has 4 N–H and O–H groups in total. The van der Waals surface area contributed by atoms with Gasteiger partial charge in [0.15, 0.2) is 0 Å². The lowest BCUT2D eigenvalue weighted by atomic mass is 9.79. The molecule has 3 heteroatoms. The van der Waals surface area contributed by atoms with Crippen molar-refractivity contribution in [2.45, 2.75) is 19.4 Å². The van der Waals surface area contributed by atoms with E-state index < -0.39 is 5.60 Å². The van der Waals surface area contributed by atoms with Crippen LogP contribution >= 0.6 is 0 Å². The van der Waals surface area contributed by atoms with E-state index in [-0.39, 0.29) is 11.8 Å². The van der Waals surface area contributed by atoms with Gasteiger partial charge in [0.05, 0.1) is 0 Å². The lowest BCUT2D eigenvalue weighted by Crippen LogP contribution is -2.48. The second-order valence-corrected chi connectivity index (χ2v) is 3.23. The number of rotatable bonds is 1. The zero-order chi connectivity index (χ0) is 9.35. The highest BCUT2D eigenvalue weighted by Gasteiger charge is 2.36. The summed E-state index contributed by atoms with van der Waals surface area (Å²) >= 11 is 0. The molecule has 0 aliphatic heterocycles. The van der Waals surface area contributed by atoms with Crippen LogP contribution in [0.3, 0.4) is 0 Å². The Labute approximate surface area is 72.1 Å². The maximum atomic E-state index is 9.91. The van der Waals surface area contributed by atoms with Gasteiger partial charge >= 0.3 is 0 Å². The number of hydrogen-bond acceptors (Lipinski definition) is 2. The molecule has 0 aromatic carbocycles. The summed E-state index contributed by atoms with van der Waals surface area (Å²) < 4.78 is 0. The number of nitrogens with two attached hydrogens (primary N) is 1.